The van der Waals surface area contributed by atoms with E-state index in [0.717, 1.165) is 10.9 Å². The Labute approximate surface area is 150 Å². The third kappa shape index (κ3) is 3.51. The van der Waals surface area contributed by atoms with Gasteiger partial charge >= 0.3 is 0 Å². The molecule has 0 unspecified atom stereocenters. The smallest absolute Gasteiger partial charge is 0.278 e. The van der Waals surface area contributed by atoms with Gasteiger partial charge in [-0.15, -0.1) is 0 Å². The van der Waals surface area contributed by atoms with Gasteiger partial charge in [0, 0.05) is 34.6 Å². The van der Waals surface area contributed by atoms with Crippen molar-refractivity contribution >= 4 is 40.6 Å². The average Bonchev–Trinajstić information content (AvgIpc) is 3.09. The summed E-state index contributed by atoms with van der Waals surface area (Å²) in [5.74, 6) is -0.376. The third-order valence-corrected chi connectivity index (χ3v) is 3.70. The highest BCUT2D eigenvalue weighted by atomic mass is 16.1. The van der Waals surface area contributed by atoms with Gasteiger partial charge in [-0.3, -0.25) is 9.79 Å². The number of nitrogens with zero attached hydrogens (tertiary/aromatic N) is 3. The predicted octanol–water partition coefficient (Wildman–Crippen LogP) is 3.41. The van der Waals surface area contributed by atoms with Crippen molar-refractivity contribution in [2.24, 2.45) is 4.99 Å². The Kier molecular flexibility index (Phi) is 4.89. The molecule has 130 valence electrons. The molecule has 0 saturated carbocycles. The maximum atomic E-state index is 12.6. The van der Waals surface area contributed by atoms with Crippen molar-refractivity contribution < 1.29 is 4.79 Å². The second-order valence-corrected chi connectivity index (χ2v) is 5.49. The lowest BCUT2D eigenvalue weighted by Gasteiger charge is -2.09. The third-order valence-electron chi connectivity index (χ3n) is 3.70. The fourth-order valence-corrected chi connectivity index (χ4v) is 2.50. The summed E-state index contributed by atoms with van der Waals surface area (Å²) < 4.78 is 0. The molecule has 0 aliphatic carbocycles. The molecule has 0 radical (unpaired) electrons. The van der Waals surface area contributed by atoms with Gasteiger partial charge in [-0.05, 0) is 37.9 Å². The quantitative estimate of drug-likeness (QED) is 0.486. The number of nitrogens with two attached hydrogens (primary N) is 1. The van der Waals surface area contributed by atoms with Gasteiger partial charge in [0.05, 0.1) is 11.9 Å². The Bertz CT molecular complexity index is 1030. The number of aromatic nitrogens is 3. The molecule has 3 aromatic rings. The van der Waals surface area contributed by atoms with Crippen molar-refractivity contribution in [2.75, 3.05) is 11.1 Å². The topological polar surface area (TPSA) is 109 Å². The largest absolute Gasteiger partial charge is 0.382 e. The molecular formula is C19H18N6O. The van der Waals surface area contributed by atoms with E-state index < -0.39 is 5.91 Å². The Morgan fingerprint density at radius 3 is 3.00 bits per heavy atom. The van der Waals surface area contributed by atoms with E-state index in [1.165, 1.54) is 6.20 Å². The fraction of sp³-hybridized carbons (Fsp3) is 0.0526. The van der Waals surface area contributed by atoms with Crippen molar-refractivity contribution in [3.63, 3.8) is 0 Å². The van der Waals surface area contributed by atoms with Gasteiger partial charge in [0.25, 0.3) is 5.91 Å². The van der Waals surface area contributed by atoms with Crippen LogP contribution in [0, 0.1) is 0 Å². The highest BCUT2D eigenvalue weighted by Crippen LogP contribution is 2.20. The zero-order valence-electron chi connectivity index (χ0n) is 14.2. The average molecular weight is 346 g/mol. The Morgan fingerprint density at radius 1 is 1.38 bits per heavy atom. The highest BCUT2D eigenvalue weighted by molar-refractivity contribution is 6.06. The van der Waals surface area contributed by atoms with Crippen LogP contribution in [0.4, 0.5) is 11.5 Å². The summed E-state index contributed by atoms with van der Waals surface area (Å²) in [6, 6.07) is 7.48. The van der Waals surface area contributed by atoms with E-state index >= 15 is 0 Å². The number of benzene rings is 1. The Balaban J connectivity index is 1.91. The molecule has 0 atom stereocenters. The molecule has 2 heterocycles. The molecule has 0 aliphatic heterocycles. The number of carbonyl (C=O) groups is 1. The number of H-pyrrole nitrogens is 1. The van der Waals surface area contributed by atoms with Crippen molar-refractivity contribution in [1.82, 2.24) is 15.0 Å². The molecule has 7 nitrogen and oxygen atoms in total. The van der Waals surface area contributed by atoms with Crippen molar-refractivity contribution in [1.29, 1.82) is 0 Å². The molecule has 26 heavy (non-hydrogen) atoms. The van der Waals surface area contributed by atoms with Gasteiger partial charge in [0.15, 0.2) is 11.5 Å². The van der Waals surface area contributed by atoms with E-state index in [-0.39, 0.29) is 11.5 Å². The first-order chi connectivity index (χ1) is 12.6. The highest BCUT2D eigenvalue weighted by Gasteiger charge is 2.15. The Hall–Kier alpha value is -3.74. The molecule has 0 bridgehead atoms. The van der Waals surface area contributed by atoms with Gasteiger partial charge in [-0.25, -0.2) is 9.97 Å². The van der Waals surface area contributed by atoms with Crippen molar-refractivity contribution in [3.8, 4) is 0 Å². The lowest BCUT2D eigenvalue weighted by atomic mass is 10.2. The number of aromatic amines is 1. The monoisotopic (exact) mass is 346 g/mol. The molecule has 0 fully saturated rings. The van der Waals surface area contributed by atoms with Crippen molar-refractivity contribution in [2.45, 2.75) is 6.92 Å². The van der Waals surface area contributed by atoms with Crippen molar-refractivity contribution in [3.05, 3.63) is 66.4 Å². The normalized spacial score (nSPS) is 11.8. The van der Waals surface area contributed by atoms with Gasteiger partial charge in [-0.1, -0.05) is 12.2 Å². The summed E-state index contributed by atoms with van der Waals surface area (Å²) in [7, 11) is 0. The number of aliphatic imine (C=N–C) groups is 1. The number of nitrogens with one attached hydrogen (secondary N) is 2. The Morgan fingerprint density at radius 2 is 2.23 bits per heavy atom. The van der Waals surface area contributed by atoms with Gasteiger partial charge in [0.1, 0.15) is 0 Å². The number of amides is 1. The number of hydrogen-bond acceptors (Lipinski definition) is 5. The lowest BCUT2D eigenvalue weighted by Crippen LogP contribution is -2.17. The van der Waals surface area contributed by atoms with Crippen LogP contribution in [0.25, 0.3) is 16.5 Å². The van der Waals surface area contributed by atoms with Gasteiger partial charge < -0.3 is 16.0 Å². The maximum absolute atomic E-state index is 12.6. The standard InChI is InChI=1S/C19H18N6O/c1-3-4-13(10-21-2)16-11-23-18(20)17(25-16)19(26)24-14-5-6-15-12(9-14)7-8-22-15/h3-11,22H,2H2,1H3,(H2,20,23)(H,24,26)/b4-3-,13-10+. The van der Waals surface area contributed by atoms with Crippen LogP contribution >= 0.6 is 0 Å². The zero-order chi connectivity index (χ0) is 18.5. The van der Waals surface area contributed by atoms with Crippen LogP contribution in [0.1, 0.15) is 23.1 Å². The van der Waals surface area contributed by atoms with E-state index in [4.69, 9.17) is 5.73 Å². The molecule has 3 rings (SSSR count). The first kappa shape index (κ1) is 17.1. The fourth-order valence-electron chi connectivity index (χ4n) is 2.50. The molecule has 7 heteroatoms. The summed E-state index contributed by atoms with van der Waals surface area (Å²) >= 11 is 0. The predicted molar refractivity (Wildman–Crippen MR) is 105 cm³/mol. The van der Waals surface area contributed by atoms with E-state index in [1.54, 1.807) is 18.3 Å². The molecule has 0 aliphatic rings. The van der Waals surface area contributed by atoms with Crippen LogP contribution in [-0.4, -0.2) is 27.6 Å². The number of carbonyl (C=O) groups excluding carboxylic acids is 1. The summed E-state index contributed by atoms with van der Waals surface area (Å²) in [6.45, 7) is 5.31. The summed E-state index contributed by atoms with van der Waals surface area (Å²) in [6.07, 6.45) is 8.51. The molecule has 1 aromatic carbocycles. The van der Waals surface area contributed by atoms with Gasteiger partial charge in [0.2, 0.25) is 0 Å². The van der Waals surface area contributed by atoms with E-state index in [9.17, 15) is 4.79 Å². The number of fused-ring (bicyclic) bond motifs is 1. The van der Waals surface area contributed by atoms with Crippen LogP contribution in [0.5, 0.6) is 0 Å². The van der Waals surface area contributed by atoms with Crippen LogP contribution in [0.3, 0.4) is 0 Å². The van der Waals surface area contributed by atoms with E-state index in [0.29, 0.717) is 17.0 Å². The number of allylic oxidation sites excluding steroid dienone is 3. The summed E-state index contributed by atoms with van der Waals surface area (Å²) in [4.78, 5) is 27.9. The minimum Gasteiger partial charge on any atom is -0.382 e. The zero-order valence-corrected chi connectivity index (χ0v) is 14.2. The first-order valence-corrected chi connectivity index (χ1v) is 7.92. The number of nitrogen functional groups attached to an aromatic ring is 1. The molecule has 0 saturated heterocycles. The van der Waals surface area contributed by atoms with Crippen LogP contribution in [-0.2, 0) is 0 Å². The minimum absolute atomic E-state index is 0.0520. The molecule has 2 aromatic heterocycles. The van der Waals surface area contributed by atoms with Crippen LogP contribution < -0.4 is 11.1 Å². The van der Waals surface area contributed by atoms with Crippen LogP contribution in [0.15, 0.2) is 60.0 Å². The number of rotatable bonds is 5. The maximum Gasteiger partial charge on any atom is 0.278 e. The van der Waals surface area contributed by atoms with Gasteiger partial charge in [-0.2, -0.15) is 0 Å². The van der Waals surface area contributed by atoms with Crippen LogP contribution in [0.2, 0.25) is 0 Å². The first-order valence-electron chi connectivity index (χ1n) is 7.92. The second-order valence-electron chi connectivity index (χ2n) is 5.49. The SMILES string of the molecule is C=N/C=C(\C=C/C)c1cnc(N)c(C(=O)Nc2ccc3[nH]ccc3c2)n1. The number of hydrogen-bond donors (Lipinski definition) is 3. The molecular weight excluding hydrogens is 328 g/mol. The molecule has 0 spiro atoms. The van der Waals surface area contributed by atoms with E-state index in [2.05, 4.69) is 32.0 Å². The van der Waals surface area contributed by atoms with E-state index in [1.807, 2.05) is 37.4 Å². The minimum atomic E-state index is -0.432. The lowest BCUT2D eigenvalue weighted by molar-refractivity contribution is 0.102. The number of anilines is 2. The molecule has 1 amide bonds. The second kappa shape index (κ2) is 7.43. The summed E-state index contributed by atoms with van der Waals surface area (Å²) in [5.41, 5.74) is 8.70. The summed E-state index contributed by atoms with van der Waals surface area (Å²) in [5, 5.41) is 3.79. The molecule has 4 N–H and O–H groups in total.